The van der Waals surface area contributed by atoms with Crippen LogP contribution >= 0.6 is 0 Å². The van der Waals surface area contributed by atoms with Crippen molar-refractivity contribution >= 4 is 6.21 Å². The quantitative estimate of drug-likeness (QED) is 0.546. The lowest BCUT2D eigenvalue weighted by Gasteiger charge is -2.07. The SMILES string of the molecule is CC.CC1=C(C)CNN=C1. The first-order chi connectivity index (χ1) is 4.80. The van der Waals surface area contributed by atoms with Crippen LogP contribution in [-0.2, 0) is 0 Å². The van der Waals surface area contributed by atoms with E-state index in [1.807, 2.05) is 20.1 Å². The van der Waals surface area contributed by atoms with Gasteiger partial charge in [-0.1, -0.05) is 13.8 Å². The molecule has 0 bridgehead atoms. The van der Waals surface area contributed by atoms with Crippen molar-refractivity contribution in [1.29, 1.82) is 0 Å². The summed E-state index contributed by atoms with van der Waals surface area (Å²) in [6, 6.07) is 0. The summed E-state index contributed by atoms with van der Waals surface area (Å²) in [6.45, 7) is 9.08. The predicted octanol–water partition coefficient (Wildman–Crippen LogP) is 1.94. The lowest BCUT2D eigenvalue weighted by atomic mass is 10.1. The van der Waals surface area contributed by atoms with Gasteiger partial charge in [0.05, 0.1) is 6.54 Å². The molecule has 0 aliphatic carbocycles. The highest BCUT2D eigenvalue weighted by Crippen LogP contribution is 2.01. The molecule has 2 nitrogen and oxygen atoms in total. The first-order valence-electron chi connectivity index (χ1n) is 3.73. The van der Waals surface area contributed by atoms with Crippen LogP contribution in [-0.4, -0.2) is 12.8 Å². The molecule has 1 rings (SSSR count). The second-order valence-corrected chi connectivity index (χ2v) is 2.06. The second kappa shape index (κ2) is 5.03. The third kappa shape index (κ3) is 2.67. The van der Waals surface area contributed by atoms with Gasteiger partial charge in [-0.15, -0.1) is 0 Å². The van der Waals surface area contributed by atoms with Gasteiger partial charge in [-0.2, -0.15) is 5.10 Å². The van der Waals surface area contributed by atoms with Crippen LogP contribution in [0.2, 0.25) is 0 Å². The molecule has 10 heavy (non-hydrogen) atoms. The molecular formula is C8H16N2. The fraction of sp³-hybridized carbons (Fsp3) is 0.625. The average Bonchev–Trinajstić information content (AvgIpc) is 2.00. The number of allylic oxidation sites excluding steroid dienone is 1. The standard InChI is InChI=1S/C6H10N2.C2H6/c1-5-3-7-8-4-6(5)2;1-2/h3,8H,4H2,1-2H3;1-2H3. The van der Waals surface area contributed by atoms with Crippen molar-refractivity contribution in [3.05, 3.63) is 11.1 Å². The number of hydrazone groups is 1. The Kier molecular flexibility index (Phi) is 4.63. The second-order valence-electron chi connectivity index (χ2n) is 2.06. The monoisotopic (exact) mass is 140 g/mol. The van der Waals surface area contributed by atoms with E-state index in [9.17, 15) is 0 Å². The Bertz CT molecular complexity index is 145. The lowest BCUT2D eigenvalue weighted by molar-refractivity contribution is 0.785. The smallest absolute Gasteiger partial charge is 0.0543 e. The van der Waals surface area contributed by atoms with Crippen molar-refractivity contribution < 1.29 is 0 Å². The van der Waals surface area contributed by atoms with Crippen molar-refractivity contribution in [2.45, 2.75) is 27.7 Å². The van der Waals surface area contributed by atoms with Crippen LogP contribution in [0.25, 0.3) is 0 Å². The summed E-state index contributed by atoms with van der Waals surface area (Å²) in [5, 5.41) is 3.88. The Labute approximate surface area is 63.0 Å². The fourth-order valence-corrected chi connectivity index (χ4v) is 0.556. The molecular weight excluding hydrogens is 124 g/mol. The lowest BCUT2D eigenvalue weighted by Crippen LogP contribution is -2.14. The number of hydrogen-bond acceptors (Lipinski definition) is 2. The van der Waals surface area contributed by atoms with Crippen LogP contribution in [0.4, 0.5) is 0 Å². The molecule has 58 valence electrons. The number of nitrogens with one attached hydrogen (secondary N) is 1. The maximum absolute atomic E-state index is 3.88. The number of nitrogens with zero attached hydrogens (tertiary/aromatic N) is 1. The average molecular weight is 140 g/mol. The van der Waals surface area contributed by atoms with Gasteiger partial charge in [-0.05, 0) is 25.0 Å². The van der Waals surface area contributed by atoms with Gasteiger partial charge in [0.15, 0.2) is 0 Å². The predicted molar refractivity (Wildman–Crippen MR) is 46.2 cm³/mol. The zero-order valence-corrected chi connectivity index (χ0v) is 7.23. The van der Waals surface area contributed by atoms with E-state index >= 15 is 0 Å². The molecule has 0 amide bonds. The normalized spacial score (nSPS) is 15.6. The van der Waals surface area contributed by atoms with Crippen LogP contribution < -0.4 is 5.43 Å². The third-order valence-corrected chi connectivity index (χ3v) is 1.37. The van der Waals surface area contributed by atoms with Gasteiger partial charge in [0.25, 0.3) is 0 Å². The molecule has 1 N–H and O–H groups in total. The molecule has 0 aromatic heterocycles. The Morgan fingerprint density at radius 2 is 2.00 bits per heavy atom. The summed E-state index contributed by atoms with van der Waals surface area (Å²) < 4.78 is 0. The van der Waals surface area contributed by atoms with Gasteiger partial charge in [0.2, 0.25) is 0 Å². The van der Waals surface area contributed by atoms with Gasteiger partial charge in [-0.3, -0.25) is 0 Å². The van der Waals surface area contributed by atoms with Gasteiger partial charge >= 0.3 is 0 Å². The minimum atomic E-state index is 0.905. The van der Waals surface area contributed by atoms with Crippen molar-refractivity contribution in [2.75, 3.05) is 6.54 Å². The van der Waals surface area contributed by atoms with Gasteiger partial charge < -0.3 is 5.43 Å². The van der Waals surface area contributed by atoms with Crippen molar-refractivity contribution in [1.82, 2.24) is 5.43 Å². The number of hydrogen-bond donors (Lipinski definition) is 1. The molecule has 0 radical (unpaired) electrons. The highest BCUT2D eigenvalue weighted by Gasteiger charge is 1.96. The van der Waals surface area contributed by atoms with E-state index < -0.39 is 0 Å². The third-order valence-electron chi connectivity index (χ3n) is 1.37. The Morgan fingerprint density at radius 3 is 2.30 bits per heavy atom. The molecule has 2 heteroatoms. The van der Waals surface area contributed by atoms with Gasteiger partial charge in [0.1, 0.15) is 0 Å². The summed E-state index contributed by atoms with van der Waals surface area (Å²) in [7, 11) is 0. The molecule has 1 aliphatic heterocycles. The molecule has 0 aromatic carbocycles. The molecule has 0 unspecified atom stereocenters. The molecule has 0 atom stereocenters. The van der Waals surface area contributed by atoms with E-state index in [4.69, 9.17) is 0 Å². The molecule has 0 spiro atoms. The fourth-order valence-electron chi connectivity index (χ4n) is 0.556. The first kappa shape index (κ1) is 9.21. The van der Waals surface area contributed by atoms with E-state index in [1.165, 1.54) is 11.1 Å². The van der Waals surface area contributed by atoms with E-state index in [0.717, 1.165) is 6.54 Å². The Morgan fingerprint density at radius 1 is 1.40 bits per heavy atom. The van der Waals surface area contributed by atoms with Crippen LogP contribution in [0.15, 0.2) is 16.2 Å². The Balaban J connectivity index is 0.000000371. The number of rotatable bonds is 0. The summed E-state index contributed by atoms with van der Waals surface area (Å²) in [6.07, 6.45) is 1.85. The molecule has 0 saturated heterocycles. The maximum atomic E-state index is 3.88. The zero-order valence-electron chi connectivity index (χ0n) is 7.23. The topological polar surface area (TPSA) is 24.4 Å². The maximum Gasteiger partial charge on any atom is 0.0543 e. The molecule has 1 aliphatic rings. The van der Waals surface area contributed by atoms with Crippen molar-refractivity contribution in [3.8, 4) is 0 Å². The van der Waals surface area contributed by atoms with E-state index in [1.54, 1.807) is 0 Å². The minimum absolute atomic E-state index is 0.905. The van der Waals surface area contributed by atoms with Crippen molar-refractivity contribution in [3.63, 3.8) is 0 Å². The summed E-state index contributed by atoms with van der Waals surface area (Å²) in [5.74, 6) is 0. The van der Waals surface area contributed by atoms with Crippen LogP contribution in [0.1, 0.15) is 27.7 Å². The largest absolute Gasteiger partial charge is 0.306 e. The molecule has 0 saturated carbocycles. The highest BCUT2D eigenvalue weighted by molar-refractivity contribution is 5.79. The first-order valence-corrected chi connectivity index (χ1v) is 3.73. The summed E-state index contributed by atoms with van der Waals surface area (Å²) in [4.78, 5) is 0. The molecule has 1 heterocycles. The molecule has 0 fully saturated rings. The van der Waals surface area contributed by atoms with Crippen molar-refractivity contribution in [2.24, 2.45) is 5.10 Å². The molecule has 0 aromatic rings. The van der Waals surface area contributed by atoms with Gasteiger partial charge in [0, 0.05) is 6.21 Å². The van der Waals surface area contributed by atoms with E-state index in [2.05, 4.69) is 24.4 Å². The van der Waals surface area contributed by atoms with E-state index in [0.29, 0.717) is 0 Å². The van der Waals surface area contributed by atoms with Crippen LogP contribution in [0.3, 0.4) is 0 Å². The van der Waals surface area contributed by atoms with E-state index in [-0.39, 0.29) is 0 Å². The summed E-state index contributed by atoms with van der Waals surface area (Å²) >= 11 is 0. The highest BCUT2D eigenvalue weighted by atomic mass is 15.3. The van der Waals surface area contributed by atoms with Crippen LogP contribution in [0.5, 0.6) is 0 Å². The van der Waals surface area contributed by atoms with Gasteiger partial charge in [-0.25, -0.2) is 0 Å². The Hall–Kier alpha value is -0.790. The van der Waals surface area contributed by atoms with Crippen LogP contribution in [0, 0.1) is 0 Å². The zero-order chi connectivity index (χ0) is 7.98. The minimum Gasteiger partial charge on any atom is -0.306 e. The summed E-state index contributed by atoms with van der Waals surface area (Å²) in [5.41, 5.74) is 5.53.